The fraction of sp³-hybridized carbons (Fsp3) is 0.200. The summed E-state index contributed by atoms with van der Waals surface area (Å²) >= 11 is 5.98. The lowest BCUT2D eigenvalue weighted by atomic mass is 10.2. The summed E-state index contributed by atoms with van der Waals surface area (Å²) < 4.78 is 5.05. The Morgan fingerprint density at radius 3 is 2.59 bits per heavy atom. The van der Waals surface area contributed by atoms with E-state index < -0.39 is 0 Å². The van der Waals surface area contributed by atoms with Gasteiger partial charge in [-0.25, -0.2) is 5.73 Å². The van der Waals surface area contributed by atoms with E-state index in [1.807, 2.05) is 6.07 Å². The Morgan fingerprint density at radius 1 is 1.35 bits per heavy atom. The second-order valence-electron chi connectivity index (χ2n) is 3.32. The van der Waals surface area contributed by atoms with Crippen molar-refractivity contribution in [2.24, 2.45) is 17.2 Å². The quantitative estimate of drug-likeness (QED) is 0.287. The van der Waals surface area contributed by atoms with Gasteiger partial charge in [0.05, 0.1) is 12.1 Å². The lowest BCUT2D eigenvalue weighted by molar-refractivity contribution is -0.536. The van der Waals surface area contributed by atoms with Crippen molar-refractivity contribution in [3.05, 3.63) is 28.8 Å². The minimum Gasteiger partial charge on any atom is -0.495 e. The van der Waals surface area contributed by atoms with E-state index in [-0.39, 0.29) is 11.9 Å². The molecule has 0 amide bonds. The molecule has 0 saturated heterocycles. The highest BCUT2D eigenvalue weighted by Crippen LogP contribution is 2.24. The van der Waals surface area contributed by atoms with Gasteiger partial charge < -0.3 is 16.2 Å². The number of nitrogens with one attached hydrogen (secondary N) is 2. The first-order valence-electron chi connectivity index (χ1n) is 4.86. The zero-order chi connectivity index (χ0) is 12.8. The number of nitrogens with two attached hydrogens (primary N) is 3. The van der Waals surface area contributed by atoms with Crippen LogP contribution in [0.3, 0.4) is 0 Å². The fourth-order valence-electron chi connectivity index (χ4n) is 1.22. The zero-order valence-electron chi connectivity index (χ0n) is 9.46. The number of methoxy groups -OCH3 is 1. The molecule has 0 fully saturated rings. The molecule has 0 saturated carbocycles. The molecular formula is C10H16ClN5O+2. The van der Waals surface area contributed by atoms with Crippen LogP contribution in [0.1, 0.15) is 5.56 Å². The fourth-order valence-corrected chi connectivity index (χ4v) is 1.50. The van der Waals surface area contributed by atoms with Gasteiger partial charge >= 0.3 is 5.96 Å². The largest absolute Gasteiger partial charge is 0.517 e. The van der Waals surface area contributed by atoms with Crippen molar-refractivity contribution in [2.45, 2.75) is 6.54 Å². The average Bonchev–Trinajstić information content (AvgIpc) is 2.25. The van der Waals surface area contributed by atoms with Crippen LogP contribution in [0.2, 0.25) is 5.02 Å². The number of halogens is 1. The second-order valence-corrected chi connectivity index (χ2v) is 3.72. The van der Waals surface area contributed by atoms with Gasteiger partial charge in [-0.1, -0.05) is 17.7 Å². The molecule has 0 aliphatic rings. The Hall–Kier alpha value is -1.95. The third-order valence-corrected chi connectivity index (χ3v) is 2.27. The van der Waals surface area contributed by atoms with Gasteiger partial charge in [-0.05, 0) is 12.1 Å². The summed E-state index contributed by atoms with van der Waals surface area (Å²) in [6.07, 6.45) is 0. The van der Waals surface area contributed by atoms with Gasteiger partial charge in [0.25, 0.3) is 5.96 Å². The van der Waals surface area contributed by atoms with Gasteiger partial charge in [-0.15, -0.1) is 4.99 Å². The van der Waals surface area contributed by atoms with Crippen LogP contribution in [0.4, 0.5) is 0 Å². The number of benzene rings is 1. The first-order chi connectivity index (χ1) is 8.02. The van der Waals surface area contributed by atoms with Crippen LogP contribution in [-0.4, -0.2) is 19.0 Å². The summed E-state index contributed by atoms with van der Waals surface area (Å²) in [6.45, 7) is 0.496. The van der Waals surface area contributed by atoms with Crippen molar-refractivity contribution in [1.82, 2.24) is 0 Å². The van der Waals surface area contributed by atoms with Crippen molar-refractivity contribution >= 4 is 23.5 Å². The second kappa shape index (κ2) is 5.95. The zero-order valence-corrected chi connectivity index (χ0v) is 10.2. The van der Waals surface area contributed by atoms with Crippen molar-refractivity contribution in [1.29, 1.82) is 0 Å². The molecule has 8 N–H and O–H groups in total. The Labute approximate surface area is 104 Å². The van der Waals surface area contributed by atoms with Crippen LogP contribution >= 0.6 is 11.6 Å². The molecule has 6 nitrogen and oxygen atoms in total. The first-order valence-corrected chi connectivity index (χ1v) is 5.24. The molecule has 0 radical (unpaired) electrons. The number of rotatable bonds is 3. The van der Waals surface area contributed by atoms with Gasteiger partial charge in [-0.2, -0.15) is 4.99 Å². The Balaban J connectivity index is 2.76. The normalized spacial score (nSPS) is 11.1. The summed E-state index contributed by atoms with van der Waals surface area (Å²) in [7, 11) is 1.56. The predicted molar refractivity (Wildman–Crippen MR) is 66.2 cm³/mol. The molecule has 0 unspecified atom stereocenters. The van der Waals surface area contributed by atoms with Crippen LogP contribution in [0.25, 0.3) is 0 Å². The maximum absolute atomic E-state index is 5.98. The summed E-state index contributed by atoms with van der Waals surface area (Å²) in [5.41, 5.74) is 17.0. The van der Waals surface area contributed by atoms with Crippen LogP contribution in [0, 0.1) is 0 Å². The van der Waals surface area contributed by atoms with Crippen LogP contribution < -0.4 is 31.9 Å². The smallest absolute Gasteiger partial charge is 0.495 e. The summed E-state index contributed by atoms with van der Waals surface area (Å²) in [5, 5.41) is 0.545. The lowest BCUT2D eigenvalue weighted by Crippen LogP contribution is -2.97. The molecule has 0 atom stereocenters. The van der Waals surface area contributed by atoms with E-state index in [0.717, 1.165) is 5.56 Å². The van der Waals surface area contributed by atoms with Crippen molar-refractivity contribution in [2.75, 3.05) is 7.11 Å². The van der Waals surface area contributed by atoms with E-state index in [1.165, 1.54) is 0 Å². The molecule has 1 aromatic carbocycles. The monoisotopic (exact) mass is 257 g/mol. The summed E-state index contributed by atoms with van der Waals surface area (Å²) in [4.78, 5) is 5.45. The van der Waals surface area contributed by atoms with E-state index >= 15 is 0 Å². The molecule has 0 bridgehead atoms. The molecule has 0 aliphatic heterocycles. The first kappa shape index (κ1) is 13.1. The molecule has 1 aromatic rings. The van der Waals surface area contributed by atoms with E-state index in [0.29, 0.717) is 17.3 Å². The molecule has 7 heteroatoms. The molecule has 0 aromatic heterocycles. The van der Waals surface area contributed by atoms with Crippen LogP contribution in [-0.2, 0) is 6.54 Å². The topological polar surface area (TPSA) is 115 Å². The standard InChI is InChI=1S/C10H14ClN5O/c1-17-8-3-2-6(4-7(8)11)5-15-10(14)16-9(12)13/h2-4H,5H2,1H3,(H6,12,13,14,15,16)/p+2. The number of hydrogen-bond acceptors (Lipinski definition) is 1. The number of guanidine groups is 2. The Bertz CT molecular complexity index is 454. The summed E-state index contributed by atoms with van der Waals surface area (Å²) in [6, 6.07) is 5.45. The van der Waals surface area contributed by atoms with Crippen molar-refractivity contribution < 1.29 is 14.7 Å². The highest BCUT2D eigenvalue weighted by Gasteiger charge is 2.05. The van der Waals surface area contributed by atoms with E-state index in [1.54, 1.807) is 19.2 Å². The van der Waals surface area contributed by atoms with E-state index in [4.69, 9.17) is 33.5 Å². The number of ether oxygens (including phenoxy) is 1. The third kappa shape index (κ3) is 4.20. The van der Waals surface area contributed by atoms with Gasteiger partial charge in [-0.3, -0.25) is 0 Å². The highest BCUT2D eigenvalue weighted by molar-refractivity contribution is 6.32. The minimum absolute atomic E-state index is 0.0303. The van der Waals surface area contributed by atoms with Gasteiger partial charge in [0.15, 0.2) is 0 Å². The molecule has 1 rings (SSSR count). The van der Waals surface area contributed by atoms with Crippen LogP contribution in [0.5, 0.6) is 5.75 Å². The highest BCUT2D eigenvalue weighted by atomic mass is 35.5. The molecule has 0 spiro atoms. The van der Waals surface area contributed by atoms with Gasteiger partial charge in [0.1, 0.15) is 12.3 Å². The lowest BCUT2D eigenvalue weighted by Gasteiger charge is -2.02. The van der Waals surface area contributed by atoms with Crippen molar-refractivity contribution in [3.8, 4) is 5.75 Å². The predicted octanol–water partition coefficient (Wildman–Crippen LogP) is -3.40. The minimum atomic E-state index is 0.0303. The Morgan fingerprint density at radius 2 is 2.06 bits per heavy atom. The third-order valence-electron chi connectivity index (χ3n) is 1.98. The number of hydrogen-bond donors (Lipinski definition) is 5. The average molecular weight is 258 g/mol. The SMILES string of the molecule is COc1ccc(C[NH+]=C(N)[NH+]=C(N)N)cc1Cl. The van der Waals surface area contributed by atoms with Gasteiger partial charge in [0, 0.05) is 5.56 Å². The van der Waals surface area contributed by atoms with E-state index in [2.05, 4.69) is 9.98 Å². The maximum atomic E-state index is 5.98. The molecule has 0 heterocycles. The van der Waals surface area contributed by atoms with E-state index in [9.17, 15) is 0 Å². The molecule has 17 heavy (non-hydrogen) atoms. The molecular weight excluding hydrogens is 242 g/mol. The van der Waals surface area contributed by atoms with Crippen molar-refractivity contribution in [3.63, 3.8) is 0 Å². The summed E-state index contributed by atoms with van der Waals surface area (Å²) in [5.74, 6) is 0.935. The molecule has 0 aliphatic carbocycles. The molecule has 92 valence electrons. The van der Waals surface area contributed by atoms with Gasteiger partial charge in [0.2, 0.25) is 0 Å². The Kier molecular flexibility index (Phi) is 4.59. The maximum Gasteiger partial charge on any atom is 0.517 e. The van der Waals surface area contributed by atoms with Crippen LogP contribution in [0.15, 0.2) is 18.2 Å².